The van der Waals surface area contributed by atoms with Crippen LogP contribution in [0.2, 0.25) is 0 Å². The number of amides is 3. The number of carbonyl (C=O) groups excluding carboxylic acids is 3. The molecule has 3 amide bonds. The van der Waals surface area contributed by atoms with Gasteiger partial charge in [-0.1, -0.05) is 24.6 Å². The third-order valence-corrected chi connectivity index (χ3v) is 7.37. The summed E-state index contributed by atoms with van der Waals surface area (Å²) in [6, 6.07) is 10.5. The van der Waals surface area contributed by atoms with Crippen molar-refractivity contribution in [1.29, 1.82) is 0 Å². The monoisotopic (exact) mass is 475 g/mol. The highest BCUT2D eigenvalue weighted by molar-refractivity contribution is 7.92. The van der Waals surface area contributed by atoms with Gasteiger partial charge < -0.3 is 15.1 Å². The number of hydrogen-bond acceptors (Lipinski definition) is 5. The largest absolute Gasteiger partial charge is 0.339 e. The average molecular weight is 476 g/mol. The predicted molar refractivity (Wildman–Crippen MR) is 119 cm³/mol. The van der Waals surface area contributed by atoms with E-state index in [0.717, 1.165) is 17.7 Å². The summed E-state index contributed by atoms with van der Waals surface area (Å²) in [5, 5.41) is 0.458. The smallest absolute Gasteiger partial charge is 0.261 e. The van der Waals surface area contributed by atoms with Gasteiger partial charge in [0.05, 0.1) is 4.90 Å². The Balaban J connectivity index is 1.88. The third kappa shape index (κ3) is 5.57. The summed E-state index contributed by atoms with van der Waals surface area (Å²) >= 11 is 0. The molecule has 0 radical (unpaired) electrons. The molecule has 2 aromatic carbocycles. The minimum Gasteiger partial charge on any atom is -0.339 e. The van der Waals surface area contributed by atoms with Crippen molar-refractivity contribution in [3.05, 3.63) is 65.5 Å². The fourth-order valence-electron chi connectivity index (χ4n) is 3.51. The SMILES string of the molecule is CCC(=O)N1CCN(C(=O)[C@H](NC(=O)c2ccc(F)cc2)S(=O)(=O)c2ccc(C)cc2)CC1. The van der Waals surface area contributed by atoms with Crippen molar-refractivity contribution in [3.8, 4) is 0 Å². The Labute approximate surface area is 192 Å². The molecule has 176 valence electrons. The molecular formula is C23H26FN3O5S. The Morgan fingerprint density at radius 1 is 0.939 bits per heavy atom. The van der Waals surface area contributed by atoms with Crippen molar-refractivity contribution in [2.24, 2.45) is 0 Å². The lowest BCUT2D eigenvalue weighted by atomic mass is 10.2. The molecule has 1 atom stereocenters. The summed E-state index contributed by atoms with van der Waals surface area (Å²) in [5.41, 5.74) is 0.857. The molecule has 0 aromatic heterocycles. The first-order chi connectivity index (χ1) is 15.6. The van der Waals surface area contributed by atoms with Gasteiger partial charge in [0.25, 0.3) is 11.8 Å². The van der Waals surface area contributed by atoms with Gasteiger partial charge in [0.15, 0.2) is 0 Å². The van der Waals surface area contributed by atoms with Gasteiger partial charge in [0.2, 0.25) is 21.1 Å². The molecule has 1 aliphatic heterocycles. The number of benzene rings is 2. The molecule has 0 bridgehead atoms. The summed E-state index contributed by atoms with van der Waals surface area (Å²) in [6.07, 6.45) is 0.339. The number of rotatable bonds is 6. The quantitative estimate of drug-likeness (QED) is 0.686. The Morgan fingerprint density at radius 3 is 2.03 bits per heavy atom. The van der Waals surface area contributed by atoms with Crippen LogP contribution in [0.25, 0.3) is 0 Å². The van der Waals surface area contributed by atoms with Crippen molar-refractivity contribution in [3.63, 3.8) is 0 Å². The first kappa shape index (κ1) is 24.4. The number of nitrogens with zero attached hydrogens (tertiary/aromatic N) is 2. The zero-order chi connectivity index (χ0) is 24.2. The maximum atomic E-state index is 13.4. The number of piperazine rings is 1. The lowest BCUT2D eigenvalue weighted by Crippen LogP contribution is -2.57. The van der Waals surface area contributed by atoms with Crippen molar-refractivity contribution in [2.45, 2.75) is 30.5 Å². The summed E-state index contributed by atoms with van der Waals surface area (Å²) in [4.78, 5) is 40.8. The lowest BCUT2D eigenvalue weighted by Gasteiger charge is -2.36. The molecule has 1 N–H and O–H groups in total. The fourth-order valence-corrected chi connectivity index (χ4v) is 4.97. The second-order valence-corrected chi connectivity index (χ2v) is 9.81. The number of sulfone groups is 1. The van der Waals surface area contributed by atoms with Gasteiger partial charge in [-0.2, -0.15) is 0 Å². The van der Waals surface area contributed by atoms with E-state index in [1.165, 1.54) is 29.2 Å². The highest BCUT2D eigenvalue weighted by Crippen LogP contribution is 2.19. The second-order valence-electron chi connectivity index (χ2n) is 7.78. The summed E-state index contributed by atoms with van der Waals surface area (Å²) in [5.74, 6) is -2.19. The zero-order valence-electron chi connectivity index (χ0n) is 18.5. The van der Waals surface area contributed by atoms with E-state index < -0.39 is 32.8 Å². The number of aryl methyl sites for hydroxylation is 1. The van der Waals surface area contributed by atoms with Gasteiger partial charge >= 0.3 is 0 Å². The molecule has 1 fully saturated rings. The van der Waals surface area contributed by atoms with Crippen LogP contribution in [0.3, 0.4) is 0 Å². The summed E-state index contributed by atoms with van der Waals surface area (Å²) in [6.45, 7) is 4.40. The van der Waals surface area contributed by atoms with Gasteiger partial charge in [0.1, 0.15) is 5.82 Å². The highest BCUT2D eigenvalue weighted by Gasteiger charge is 2.39. The molecule has 1 saturated heterocycles. The zero-order valence-corrected chi connectivity index (χ0v) is 19.3. The lowest BCUT2D eigenvalue weighted by molar-refractivity contribution is -0.139. The average Bonchev–Trinajstić information content (AvgIpc) is 2.82. The normalized spacial score (nSPS) is 15.1. The summed E-state index contributed by atoms with van der Waals surface area (Å²) < 4.78 is 40.0. The van der Waals surface area contributed by atoms with E-state index >= 15 is 0 Å². The van der Waals surface area contributed by atoms with Gasteiger partial charge in [-0.3, -0.25) is 14.4 Å². The Kier molecular flexibility index (Phi) is 7.47. The minimum absolute atomic E-state index is 0.0201. The highest BCUT2D eigenvalue weighted by atomic mass is 32.2. The Morgan fingerprint density at radius 2 is 1.48 bits per heavy atom. The molecule has 10 heteroatoms. The maximum Gasteiger partial charge on any atom is 0.261 e. The van der Waals surface area contributed by atoms with Crippen LogP contribution in [0.5, 0.6) is 0 Å². The van der Waals surface area contributed by atoms with Crippen LogP contribution in [0.1, 0.15) is 29.3 Å². The molecule has 33 heavy (non-hydrogen) atoms. The van der Waals surface area contributed by atoms with Crippen LogP contribution in [0.4, 0.5) is 4.39 Å². The summed E-state index contributed by atoms with van der Waals surface area (Å²) in [7, 11) is -4.29. The van der Waals surface area contributed by atoms with E-state index in [4.69, 9.17) is 0 Å². The maximum absolute atomic E-state index is 13.4. The molecule has 0 aliphatic carbocycles. The van der Waals surface area contributed by atoms with E-state index in [0.29, 0.717) is 6.42 Å². The van der Waals surface area contributed by atoms with E-state index in [-0.39, 0.29) is 42.5 Å². The van der Waals surface area contributed by atoms with Crippen LogP contribution in [0, 0.1) is 12.7 Å². The van der Waals surface area contributed by atoms with Crippen LogP contribution in [-0.2, 0) is 19.4 Å². The van der Waals surface area contributed by atoms with E-state index in [1.807, 2.05) is 0 Å². The molecule has 0 unspecified atom stereocenters. The van der Waals surface area contributed by atoms with Crippen LogP contribution in [-0.4, -0.2) is 67.5 Å². The number of halogens is 1. The van der Waals surface area contributed by atoms with E-state index in [2.05, 4.69) is 5.32 Å². The molecular weight excluding hydrogens is 449 g/mol. The Hall–Kier alpha value is -3.27. The van der Waals surface area contributed by atoms with E-state index in [1.54, 1.807) is 30.9 Å². The molecule has 2 aromatic rings. The van der Waals surface area contributed by atoms with Crippen LogP contribution in [0.15, 0.2) is 53.4 Å². The van der Waals surface area contributed by atoms with Crippen molar-refractivity contribution in [2.75, 3.05) is 26.2 Å². The Bertz CT molecular complexity index is 1130. The molecule has 1 aliphatic rings. The van der Waals surface area contributed by atoms with Gasteiger partial charge in [-0.05, 0) is 43.3 Å². The van der Waals surface area contributed by atoms with Gasteiger partial charge in [-0.25, -0.2) is 12.8 Å². The molecule has 3 rings (SSSR count). The van der Waals surface area contributed by atoms with Crippen molar-refractivity contribution in [1.82, 2.24) is 15.1 Å². The van der Waals surface area contributed by atoms with Crippen LogP contribution < -0.4 is 5.32 Å². The van der Waals surface area contributed by atoms with Crippen molar-refractivity contribution >= 4 is 27.6 Å². The molecule has 8 nitrogen and oxygen atoms in total. The fraction of sp³-hybridized carbons (Fsp3) is 0.348. The number of hydrogen-bond donors (Lipinski definition) is 1. The first-order valence-electron chi connectivity index (χ1n) is 10.6. The van der Waals surface area contributed by atoms with E-state index in [9.17, 15) is 27.2 Å². The number of nitrogens with one attached hydrogen (secondary N) is 1. The third-order valence-electron chi connectivity index (χ3n) is 5.50. The molecule has 0 saturated carbocycles. The molecule has 1 heterocycles. The first-order valence-corrected chi connectivity index (χ1v) is 12.1. The molecule has 0 spiro atoms. The predicted octanol–water partition coefficient (Wildman–Crippen LogP) is 1.74. The minimum atomic E-state index is -4.29. The van der Waals surface area contributed by atoms with Crippen LogP contribution >= 0.6 is 0 Å². The topological polar surface area (TPSA) is 104 Å². The number of carbonyl (C=O) groups is 3. The van der Waals surface area contributed by atoms with Gasteiger partial charge in [0, 0.05) is 38.2 Å². The second kappa shape index (κ2) is 10.1. The van der Waals surface area contributed by atoms with Crippen molar-refractivity contribution < 1.29 is 27.2 Å². The standard InChI is InChI=1S/C23H26FN3O5S/c1-3-20(28)26-12-14-27(15-13-26)23(30)22(25-21(29)17-6-8-18(24)9-7-17)33(31,32)19-10-4-16(2)5-11-19/h4-11,22H,3,12-15H2,1-2H3,(H,25,29)/t22-/m1/s1. The van der Waals surface area contributed by atoms with Gasteiger partial charge in [-0.15, -0.1) is 0 Å².